The van der Waals surface area contributed by atoms with Crippen LogP contribution in [0.25, 0.3) is 0 Å². The van der Waals surface area contributed by atoms with E-state index in [4.69, 9.17) is 11.6 Å². The molecule has 0 aliphatic rings. The molecule has 15 heavy (non-hydrogen) atoms. The first-order chi connectivity index (χ1) is 7.11. The van der Waals surface area contributed by atoms with Gasteiger partial charge in [-0.3, -0.25) is 0 Å². The van der Waals surface area contributed by atoms with E-state index in [0.717, 1.165) is 24.5 Å². The van der Waals surface area contributed by atoms with Crippen LogP contribution in [0.15, 0.2) is 6.33 Å². The fraction of sp³-hybridized carbons (Fsp3) is 0.636. The molecule has 1 aromatic heterocycles. The predicted octanol–water partition coefficient (Wildman–Crippen LogP) is 3.10. The minimum absolute atomic E-state index is 0.342. The van der Waals surface area contributed by atoms with E-state index in [0.29, 0.717) is 11.1 Å². The van der Waals surface area contributed by atoms with Crippen molar-refractivity contribution in [3.05, 3.63) is 17.0 Å². The van der Waals surface area contributed by atoms with Gasteiger partial charge in [-0.2, -0.15) is 0 Å². The van der Waals surface area contributed by atoms with Crippen LogP contribution in [0.4, 0.5) is 5.82 Å². The monoisotopic (exact) mass is 227 g/mol. The lowest BCUT2D eigenvalue weighted by Crippen LogP contribution is -2.25. The van der Waals surface area contributed by atoms with Gasteiger partial charge in [-0.25, -0.2) is 9.97 Å². The predicted molar refractivity (Wildman–Crippen MR) is 64.7 cm³/mol. The average Bonchev–Trinajstić information content (AvgIpc) is 2.19. The molecule has 1 rings (SSSR count). The summed E-state index contributed by atoms with van der Waals surface area (Å²) in [7, 11) is 0. The second-order valence-electron chi connectivity index (χ2n) is 3.73. The molecule has 0 saturated heterocycles. The van der Waals surface area contributed by atoms with Gasteiger partial charge in [0.15, 0.2) is 0 Å². The zero-order valence-corrected chi connectivity index (χ0v) is 10.5. The van der Waals surface area contributed by atoms with Crippen LogP contribution in [0.3, 0.4) is 0 Å². The molecule has 0 radical (unpaired) electrons. The van der Waals surface area contributed by atoms with E-state index in [1.165, 1.54) is 6.33 Å². The second kappa shape index (κ2) is 5.31. The highest BCUT2D eigenvalue weighted by atomic mass is 35.5. The van der Waals surface area contributed by atoms with Gasteiger partial charge in [0, 0.05) is 18.7 Å². The van der Waals surface area contributed by atoms with Crippen molar-refractivity contribution in [2.24, 2.45) is 0 Å². The number of hydrogen-bond acceptors (Lipinski definition) is 3. The minimum atomic E-state index is 0.342. The second-order valence-corrected chi connectivity index (χ2v) is 4.09. The van der Waals surface area contributed by atoms with Gasteiger partial charge < -0.3 is 4.90 Å². The summed E-state index contributed by atoms with van der Waals surface area (Å²) in [4.78, 5) is 10.6. The maximum atomic E-state index is 6.10. The van der Waals surface area contributed by atoms with E-state index < -0.39 is 0 Å². The molecule has 0 bridgehead atoms. The van der Waals surface area contributed by atoms with E-state index >= 15 is 0 Å². The molecule has 0 N–H and O–H groups in total. The lowest BCUT2D eigenvalue weighted by molar-refractivity contribution is 0.788. The largest absolute Gasteiger partial charge is 0.357 e. The summed E-state index contributed by atoms with van der Waals surface area (Å²) in [6, 6.07) is 0. The van der Waals surface area contributed by atoms with Gasteiger partial charge in [0.05, 0.1) is 0 Å². The van der Waals surface area contributed by atoms with Gasteiger partial charge in [-0.1, -0.05) is 25.4 Å². The standard InChI is InChI=1S/C11H18ClN3/c1-5-15(6-2)11-9(8(3)4)10(12)13-7-14-11/h7-8H,5-6H2,1-4H3. The Bertz CT molecular complexity index is 322. The smallest absolute Gasteiger partial charge is 0.138 e. The lowest BCUT2D eigenvalue weighted by Gasteiger charge is -2.24. The summed E-state index contributed by atoms with van der Waals surface area (Å²) in [5, 5.41) is 0.571. The van der Waals surface area contributed by atoms with Crippen LogP contribution >= 0.6 is 11.6 Å². The first-order valence-corrected chi connectivity index (χ1v) is 5.74. The van der Waals surface area contributed by atoms with Gasteiger partial charge in [-0.15, -0.1) is 0 Å². The Morgan fingerprint density at radius 1 is 1.27 bits per heavy atom. The van der Waals surface area contributed by atoms with Crippen LogP contribution in [0, 0.1) is 0 Å². The van der Waals surface area contributed by atoms with Crippen molar-refractivity contribution in [1.29, 1.82) is 0 Å². The molecule has 0 saturated carbocycles. The van der Waals surface area contributed by atoms with Crippen molar-refractivity contribution in [1.82, 2.24) is 9.97 Å². The molecule has 0 aliphatic carbocycles. The number of hydrogen-bond donors (Lipinski definition) is 0. The fourth-order valence-electron chi connectivity index (χ4n) is 1.64. The van der Waals surface area contributed by atoms with Crippen LogP contribution < -0.4 is 4.90 Å². The van der Waals surface area contributed by atoms with E-state index in [2.05, 4.69) is 42.6 Å². The molecule has 84 valence electrons. The zero-order chi connectivity index (χ0) is 11.4. The molecule has 1 aromatic rings. The van der Waals surface area contributed by atoms with Gasteiger partial charge >= 0.3 is 0 Å². The van der Waals surface area contributed by atoms with E-state index in [1.807, 2.05) is 0 Å². The molecule has 0 aliphatic heterocycles. The summed E-state index contributed by atoms with van der Waals surface area (Å²) < 4.78 is 0. The third-order valence-electron chi connectivity index (χ3n) is 2.45. The van der Waals surface area contributed by atoms with Gasteiger partial charge in [0.1, 0.15) is 17.3 Å². The molecule has 0 amide bonds. The third-order valence-corrected chi connectivity index (χ3v) is 2.76. The van der Waals surface area contributed by atoms with Gasteiger partial charge in [0.2, 0.25) is 0 Å². The number of anilines is 1. The van der Waals surface area contributed by atoms with Crippen LogP contribution in [0.1, 0.15) is 39.2 Å². The van der Waals surface area contributed by atoms with Crippen LogP contribution in [0.2, 0.25) is 5.15 Å². The molecule has 0 unspecified atom stereocenters. The highest BCUT2D eigenvalue weighted by Gasteiger charge is 2.16. The first kappa shape index (κ1) is 12.2. The molecule has 4 heteroatoms. The maximum Gasteiger partial charge on any atom is 0.138 e. The number of aromatic nitrogens is 2. The Hall–Kier alpha value is -0.830. The topological polar surface area (TPSA) is 29.0 Å². The molecule has 0 spiro atoms. The summed E-state index contributed by atoms with van der Waals surface area (Å²) >= 11 is 6.10. The first-order valence-electron chi connectivity index (χ1n) is 5.37. The van der Waals surface area contributed by atoms with Crippen molar-refractivity contribution < 1.29 is 0 Å². The Morgan fingerprint density at radius 3 is 2.33 bits per heavy atom. The average molecular weight is 228 g/mol. The summed E-state index contributed by atoms with van der Waals surface area (Å²) in [6.45, 7) is 10.3. The summed E-state index contributed by atoms with van der Waals surface area (Å²) in [5.74, 6) is 1.31. The molecule has 3 nitrogen and oxygen atoms in total. The molecule has 0 atom stereocenters. The lowest BCUT2D eigenvalue weighted by atomic mass is 10.1. The minimum Gasteiger partial charge on any atom is -0.357 e. The highest BCUT2D eigenvalue weighted by Crippen LogP contribution is 2.30. The van der Waals surface area contributed by atoms with E-state index in [-0.39, 0.29) is 0 Å². The van der Waals surface area contributed by atoms with Crippen molar-refractivity contribution in [3.8, 4) is 0 Å². The fourth-order valence-corrected chi connectivity index (χ4v) is 1.98. The maximum absolute atomic E-state index is 6.10. The Balaban J connectivity index is 3.21. The van der Waals surface area contributed by atoms with Crippen molar-refractivity contribution in [3.63, 3.8) is 0 Å². The van der Waals surface area contributed by atoms with Crippen LogP contribution in [-0.4, -0.2) is 23.1 Å². The van der Waals surface area contributed by atoms with Gasteiger partial charge in [-0.05, 0) is 19.8 Å². The SMILES string of the molecule is CCN(CC)c1ncnc(Cl)c1C(C)C. The number of rotatable bonds is 4. The van der Waals surface area contributed by atoms with Gasteiger partial charge in [0.25, 0.3) is 0 Å². The molecule has 0 fully saturated rings. The quantitative estimate of drug-likeness (QED) is 0.741. The molecular formula is C11H18ClN3. The Morgan fingerprint density at radius 2 is 1.87 bits per heavy atom. The van der Waals surface area contributed by atoms with E-state index in [1.54, 1.807) is 0 Å². The Labute approximate surface area is 96.5 Å². The molecule has 1 heterocycles. The summed E-state index contributed by atoms with van der Waals surface area (Å²) in [6.07, 6.45) is 1.53. The normalized spacial score (nSPS) is 10.8. The summed E-state index contributed by atoms with van der Waals surface area (Å²) in [5.41, 5.74) is 1.04. The Kier molecular flexibility index (Phi) is 4.33. The van der Waals surface area contributed by atoms with Crippen LogP contribution in [0.5, 0.6) is 0 Å². The molecular weight excluding hydrogens is 210 g/mol. The zero-order valence-electron chi connectivity index (χ0n) is 9.79. The van der Waals surface area contributed by atoms with E-state index in [9.17, 15) is 0 Å². The van der Waals surface area contributed by atoms with Crippen molar-refractivity contribution in [2.75, 3.05) is 18.0 Å². The highest BCUT2D eigenvalue weighted by molar-refractivity contribution is 6.30. The molecule has 0 aromatic carbocycles. The van der Waals surface area contributed by atoms with Crippen molar-refractivity contribution in [2.45, 2.75) is 33.6 Å². The number of nitrogens with zero attached hydrogens (tertiary/aromatic N) is 3. The van der Waals surface area contributed by atoms with Crippen LogP contribution in [-0.2, 0) is 0 Å². The van der Waals surface area contributed by atoms with Crippen molar-refractivity contribution >= 4 is 17.4 Å². The third kappa shape index (κ3) is 2.59. The number of halogens is 1.